The van der Waals surface area contributed by atoms with Gasteiger partial charge in [0.1, 0.15) is 11.5 Å². The Morgan fingerprint density at radius 3 is 2.27 bits per heavy atom. The average Bonchev–Trinajstić information content (AvgIpc) is 2.31. The summed E-state index contributed by atoms with van der Waals surface area (Å²) in [5.74, 6) is 1.25. The van der Waals surface area contributed by atoms with Gasteiger partial charge >= 0.3 is 0 Å². The molecule has 0 atom stereocenters. The molecule has 2 rings (SSSR count). The molecule has 0 aliphatic carbocycles. The van der Waals surface area contributed by atoms with Crippen LogP contribution >= 0.6 is 12.1 Å². The van der Waals surface area contributed by atoms with Crippen molar-refractivity contribution in [3.05, 3.63) is 54.6 Å². The molecule has 2 aromatic carbocycles. The van der Waals surface area contributed by atoms with Crippen molar-refractivity contribution in [1.82, 2.24) is 0 Å². The molecule has 0 heterocycles. The van der Waals surface area contributed by atoms with Crippen molar-refractivity contribution >= 4 is 12.1 Å². The van der Waals surface area contributed by atoms with Crippen molar-refractivity contribution in [2.24, 2.45) is 0 Å². The number of halogens is 1. The van der Waals surface area contributed by atoms with E-state index in [1.807, 2.05) is 36.4 Å². The van der Waals surface area contributed by atoms with E-state index in [1.165, 1.54) is 0 Å². The summed E-state index contributed by atoms with van der Waals surface area (Å²) in [7, 11) is 0. The molecule has 15 heavy (non-hydrogen) atoms. The number of hydrogen-bond acceptors (Lipinski definition) is 2. The first-order valence-corrected chi connectivity index (χ1v) is 5.22. The van der Waals surface area contributed by atoms with Crippen LogP contribution in [-0.4, -0.2) is 0 Å². The second kappa shape index (κ2) is 4.84. The lowest BCUT2D eigenvalue weighted by Crippen LogP contribution is -1.84. The SMILES string of the molecule is FSc1ccccc1Oc1ccccc1. The van der Waals surface area contributed by atoms with Gasteiger partial charge in [0, 0.05) is 0 Å². The van der Waals surface area contributed by atoms with Crippen LogP contribution in [0.2, 0.25) is 0 Å². The summed E-state index contributed by atoms with van der Waals surface area (Å²) in [6, 6.07) is 16.3. The first-order valence-electron chi connectivity index (χ1n) is 4.50. The lowest BCUT2D eigenvalue weighted by atomic mass is 10.3. The van der Waals surface area contributed by atoms with E-state index in [0.29, 0.717) is 16.4 Å². The summed E-state index contributed by atoms with van der Waals surface area (Å²) >= 11 is 0.190. The van der Waals surface area contributed by atoms with Crippen LogP contribution in [0, 0.1) is 0 Å². The topological polar surface area (TPSA) is 9.23 Å². The Morgan fingerprint density at radius 2 is 1.53 bits per heavy atom. The van der Waals surface area contributed by atoms with Crippen molar-refractivity contribution in [2.45, 2.75) is 4.90 Å². The number of hydrogen-bond donors (Lipinski definition) is 0. The molecule has 0 saturated heterocycles. The highest BCUT2D eigenvalue weighted by Gasteiger charge is 2.04. The van der Waals surface area contributed by atoms with Crippen molar-refractivity contribution in [3.63, 3.8) is 0 Å². The third kappa shape index (κ3) is 2.50. The summed E-state index contributed by atoms with van der Waals surface area (Å²) in [5.41, 5.74) is 0. The number of rotatable bonds is 3. The summed E-state index contributed by atoms with van der Waals surface area (Å²) < 4.78 is 18.1. The Bertz CT molecular complexity index is 431. The summed E-state index contributed by atoms with van der Waals surface area (Å²) in [4.78, 5) is 0.487. The van der Waals surface area contributed by atoms with Crippen LogP contribution in [-0.2, 0) is 0 Å². The van der Waals surface area contributed by atoms with Crippen LogP contribution < -0.4 is 4.74 Å². The molecule has 2 aromatic rings. The highest BCUT2D eigenvalue weighted by Crippen LogP contribution is 2.32. The van der Waals surface area contributed by atoms with Gasteiger partial charge < -0.3 is 4.74 Å². The van der Waals surface area contributed by atoms with Crippen molar-refractivity contribution in [1.29, 1.82) is 0 Å². The fourth-order valence-corrected chi connectivity index (χ4v) is 1.53. The molecule has 0 N–H and O–H groups in total. The molecule has 0 aliphatic heterocycles. The minimum Gasteiger partial charge on any atom is -0.456 e. The fourth-order valence-electron chi connectivity index (χ4n) is 1.21. The second-order valence-corrected chi connectivity index (χ2v) is 3.53. The Labute approximate surface area is 92.2 Å². The van der Waals surface area contributed by atoms with Gasteiger partial charge in [-0.05, 0) is 24.3 Å². The van der Waals surface area contributed by atoms with Crippen LogP contribution in [0.5, 0.6) is 11.5 Å². The van der Waals surface area contributed by atoms with E-state index < -0.39 is 0 Å². The second-order valence-electron chi connectivity index (χ2n) is 2.94. The van der Waals surface area contributed by atoms with Crippen LogP contribution in [0.1, 0.15) is 0 Å². The Morgan fingerprint density at radius 1 is 0.867 bits per heavy atom. The molecule has 0 bridgehead atoms. The van der Waals surface area contributed by atoms with Gasteiger partial charge in [-0.2, -0.15) is 3.89 Å². The maximum Gasteiger partial charge on any atom is 0.143 e. The molecule has 1 nitrogen and oxygen atoms in total. The molecule has 3 heteroatoms. The Kier molecular flexibility index (Phi) is 3.25. The van der Waals surface area contributed by atoms with Crippen LogP contribution in [0.4, 0.5) is 3.89 Å². The van der Waals surface area contributed by atoms with Crippen LogP contribution in [0.15, 0.2) is 59.5 Å². The van der Waals surface area contributed by atoms with Gasteiger partial charge in [0.05, 0.1) is 17.0 Å². The van der Waals surface area contributed by atoms with E-state index >= 15 is 0 Å². The number of ether oxygens (including phenoxy) is 1. The van der Waals surface area contributed by atoms with Crippen LogP contribution in [0.25, 0.3) is 0 Å². The van der Waals surface area contributed by atoms with E-state index in [-0.39, 0.29) is 12.1 Å². The molecule has 0 spiro atoms. The van der Waals surface area contributed by atoms with E-state index in [9.17, 15) is 3.89 Å². The van der Waals surface area contributed by atoms with Crippen molar-refractivity contribution in [3.8, 4) is 11.5 Å². The van der Waals surface area contributed by atoms with Gasteiger partial charge in [-0.1, -0.05) is 30.3 Å². The number of para-hydroxylation sites is 2. The van der Waals surface area contributed by atoms with E-state index in [2.05, 4.69) is 0 Å². The molecule has 0 unspecified atom stereocenters. The van der Waals surface area contributed by atoms with E-state index in [1.54, 1.807) is 18.2 Å². The van der Waals surface area contributed by atoms with Gasteiger partial charge in [0.25, 0.3) is 0 Å². The third-order valence-corrected chi connectivity index (χ3v) is 2.41. The predicted octanol–water partition coefficient (Wildman–Crippen LogP) is 4.46. The maximum absolute atomic E-state index is 12.5. The minimum absolute atomic E-state index is 0.190. The molecule has 0 saturated carbocycles. The summed E-state index contributed by atoms with van der Waals surface area (Å²) in [6.07, 6.45) is 0. The molecular weight excluding hydrogens is 211 g/mol. The zero-order valence-corrected chi connectivity index (χ0v) is 8.71. The zero-order chi connectivity index (χ0) is 10.5. The van der Waals surface area contributed by atoms with Gasteiger partial charge in [-0.3, -0.25) is 0 Å². The van der Waals surface area contributed by atoms with Gasteiger partial charge in [-0.25, -0.2) is 0 Å². The highest BCUT2D eigenvalue weighted by atomic mass is 32.2. The summed E-state index contributed by atoms with van der Waals surface area (Å²) in [6.45, 7) is 0. The largest absolute Gasteiger partial charge is 0.456 e. The Hall–Kier alpha value is -1.48. The lowest BCUT2D eigenvalue weighted by molar-refractivity contribution is 0.470. The number of benzene rings is 2. The zero-order valence-electron chi connectivity index (χ0n) is 7.89. The lowest BCUT2D eigenvalue weighted by Gasteiger charge is -2.07. The quantitative estimate of drug-likeness (QED) is 0.755. The molecule has 0 amide bonds. The minimum atomic E-state index is 0.190. The van der Waals surface area contributed by atoms with Crippen molar-refractivity contribution in [2.75, 3.05) is 0 Å². The normalized spacial score (nSPS) is 9.93. The summed E-state index contributed by atoms with van der Waals surface area (Å²) in [5, 5.41) is 0. The molecule has 0 aromatic heterocycles. The highest BCUT2D eigenvalue weighted by molar-refractivity contribution is 7.94. The first-order chi connectivity index (χ1) is 7.40. The molecule has 76 valence electrons. The smallest absolute Gasteiger partial charge is 0.143 e. The van der Waals surface area contributed by atoms with Gasteiger partial charge in [0.15, 0.2) is 0 Å². The standard InChI is InChI=1S/C12H9FOS/c13-15-12-9-5-4-8-11(12)14-10-6-2-1-3-7-10/h1-9H. The molecular formula is C12H9FOS. The monoisotopic (exact) mass is 220 g/mol. The Balaban J connectivity index is 2.24. The molecule has 0 radical (unpaired) electrons. The van der Waals surface area contributed by atoms with E-state index in [4.69, 9.17) is 4.74 Å². The van der Waals surface area contributed by atoms with Crippen LogP contribution in [0.3, 0.4) is 0 Å². The molecule has 0 aliphatic rings. The molecule has 0 fully saturated rings. The fraction of sp³-hybridized carbons (Fsp3) is 0. The first kappa shape index (κ1) is 10.1. The average molecular weight is 220 g/mol. The predicted molar refractivity (Wildman–Crippen MR) is 59.9 cm³/mol. The third-order valence-electron chi connectivity index (χ3n) is 1.90. The van der Waals surface area contributed by atoms with Gasteiger partial charge in [0.2, 0.25) is 0 Å². The van der Waals surface area contributed by atoms with E-state index in [0.717, 1.165) is 0 Å². The maximum atomic E-state index is 12.5. The van der Waals surface area contributed by atoms with Gasteiger partial charge in [-0.15, -0.1) is 0 Å². The van der Waals surface area contributed by atoms with Crippen molar-refractivity contribution < 1.29 is 8.62 Å².